The first-order valence-electron chi connectivity index (χ1n) is 6.63. The number of amides is 1. The number of nitrogens with zero attached hydrogens (tertiary/aromatic N) is 2. The number of rotatable bonds is 1. The summed E-state index contributed by atoms with van der Waals surface area (Å²) in [6.45, 7) is 7.81. The zero-order chi connectivity index (χ0) is 12.8. The maximum Gasteiger partial charge on any atom is 0.274 e. The number of nitrogens with one attached hydrogen (secondary N) is 2. The van der Waals surface area contributed by atoms with Crippen LogP contribution < -0.4 is 5.32 Å². The van der Waals surface area contributed by atoms with Crippen LogP contribution in [0.2, 0.25) is 0 Å². The van der Waals surface area contributed by atoms with E-state index in [9.17, 15) is 4.79 Å². The van der Waals surface area contributed by atoms with Gasteiger partial charge in [-0.05, 0) is 11.8 Å². The van der Waals surface area contributed by atoms with Crippen molar-refractivity contribution in [2.45, 2.75) is 33.2 Å². The summed E-state index contributed by atoms with van der Waals surface area (Å²) in [5.74, 6) is 0.0850. The average Bonchev–Trinajstić information content (AvgIpc) is 2.91. The monoisotopic (exact) mass is 248 g/mol. The molecule has 2 aliphatic heterocycles. The van der Waals surface area contributed by atoms with Crippen molar-refractivity contribution in [1.82, 2.24) is 20.4 Å². The van der Waals surface area contributed by atoms with Crippen molar-refractivity contribution >= 4 is 5.91 Å². The molecule has 1 aromatic rings. The second-order valence-electron chi connectivity index (χ2n) is 6.10. The molecule has 1 aromatic heterocycles. The van der Waals surface area contributed by atoms with Crippen LogP contribution in [0.3, 0.4) is 0 Å². The lowest BCUT2D eigenvalue weighted by molar-refractivity contribution is 0.0771. The van der Waals surface area contributed by atoms with Gasteiger partial charge in [-0.3, -0.25) is 9.89 Å². The summed E-state index contributed by atoms with van der Waals surface area (Å²) in [7, 11) is 0. The van der Waals surface area contributed by atoms with Crippen molar-refractivity contribution in [2.75, 3.05) is 19.6 Å². The number of likely N-dealkylation sites (tertiary alicyclic amines) is 1. The minimum absolute atomic E-state index is 0.0850. The summed E-state index contributed by atoms with van der Waals surface area (Å²) in [5.41, 5.74) is 3.05. The molecule has 3 rings (SSSR count). The SMILES string of the molecule is CC1(C)CCN(C(=O)c2n[nH]c3c2CNCC3)C1. The Labute approximate surface area is 107 Å². The second kappa shape index (κ2) is 4.09. The lowest BCUT2D eigenvalue weighted by Crippen LogP contribution is -2.32. The lowest BCUT2D eigenvalue weighted by Gasteiger charge is -2.20. The summed E-state index contributed by atoms with van der Waals surface area (Å²) in [4.78, 5) is 14.4. The van der Waals surface area contributed by atoms with E-state index in [2.05, 4.69) is 29.4 Å². The molecule has 0 bridgehead atoms. The maximum absolute atomic E-state index is 12.5. The number of fused-ring (bicyclic) bond motifs is 1. The molecule has 1 amide bonds. The van der Waals surface area contributed by atoms with Crippen molar-refractivity contribution in [1.29, 1.82) is 0 Å². The molecule has 3 heterocycles. The van der Waals surface area contributed by atoms with Crippen molar-refractivity contribution < 1.29 is 4.79 Å². The number of carbonyl (C=O) groups excluding carboxylic acids is 1. The third-order valence-corrected chi connectivity index (χ3v) is 3.97. The lowest BCUT2D eigenvalue weighted by atomic mass is 9.93. The molecule has 0 spiro atoms. The molecule has 18 heavy (non-hydrogen) atoms. The molecule has 2 aliphatic rings. The number of hydrogen-bond donors (Lipinski definition) is 2. The van der Waals surface area contributed by atoms with Gasteiger partial charge in [0.25, 0.3) is 5.91 Å². The highest BCUT2D eigenvalue weighted by molar-refractivity contribution is 5.94. The van der Waals surface area contributed by atoms with E-state index in [1.807, 2.05) is 4.90 Å². The van der Waals surface area contributed by atoms with Crippen molar-refractivity contribution in [3.8, 4) is 0 Å². The Kier molecular flexibility index (Phi) is 2.66. The van der Waals surface area contributed by atoms with Crippen molar-refractivity contribution in [3.05, 3.63) is 17.0 Å². The van der Waals surface area contributed by atoms with Crippen LogP contribution in [-0.4, -0.2) is 40.6 Å². The fourth-order valence-corrected chi connectivity index (χ4v) is 2.84. The van der Waals surface area contributed by atoms with Crippen molar-refractivity contribution in [3.63, 3.8) is 0 Å². The zero-order valence-electron chi connectivity index (χ0n) is 11.0. The number of H-pyrrole nitrogens is 1. The van der Waals surface area contributed by atoms with Gasteiger partial charge in [0.2, 0.25) is 0 Å². The molecule has 0 aromatic carbocycles. The predicted molar refractivity (Wildman–Crippen MR) is 68.3 cm³/mol. The van der Waals surface area contributed by atoms with Crippen LogP contribution in [0.15, 0.2) is 0 Å². The summed E-state index contributed by atoms with van der Waals surface area (Å²) < 4.78 is 0. The third kappa shape index (κ3) is 1.92. The molecule has 1 saturated heterocycles. The third-order valence-electron chi connectivity index (χ3n) is 3.97. The largest absolute Gasteiger partial charge is 0.337 e. The number of hydrogen-bond acceptors (Lipinski definition) is 3. The topological polar surface area (TPSA) is 61.0 Å². The van der Waals surface area contributed by atoms with E-state index >= 15 is 0 Å². The molecule has 5 nitrogen and oxygen atoms in total. The Morgan fingerprint density at radius 1 is 1.44 bits per heavy atom. The van der Waals surface area contributed by atoms with Gasteiger partial charge in [-0.15, -0.1) is 0 Å². The highest BCUT2D eigenvalue weighted by Gasteiger charge is 2.34. The minimum atomic E-state index is 0.0850. The Morgan fingerprint density at radius 2 is 2.28 bits per heavy atom. The van der Waals surface area contributed by atoms with E-state index in [4.69, 9.17) is 0 Å². The normalized spacial score (nSPS) is 22.0. The Balaban J connectivity index is 1.83. The van der Waals surface area contributed by atoms with Gasteiger partial charge in [0, 0.05) is 43.9 Å². The van der Waals surface area contributed by atoms with Gasteiger partial charge in [-0.25, -0.2) is 0 Å². The Bertz CT molecular complexity index is 477. The van der Waals surface area contributed by atoms with Crippen LogP contribution in [0, 0.1) is 5.41 Å². The highest BCUT2D eigenvalue weighted by Crippen LogP contribution is 2.30. The van der Waals surface area contributed by atoms with Gasteiger partial charge < -0.3 is 10.2 Å². The van der Waals surface area contributed by atoms with Gasteiger partial charge in [-0.1, -0.05) is 13.8 Å². The van der Waals surface area contributed by atoms with E-state index in [0.717, 1.165) is 50.3 Å². The fourth-order valence-electron chi connectivity index (χ4n) is 2.84. The van der Waals surface area contributed by atoms with Crippen LogP contribution >= 0.6 is 0 Å². The molecule has 1 fully saturated rings. The van der Waals surface area contributed by atoms with Crippen LogP contribution in [0.1, 0.15) is 42.0 Å². The molecule has 98 valence electrons. The van der Waals surface area contributed by atoms with E-state index in [0.29, 0.717) is 5.69 Å². The molecule has 0 aliphatic carbocycles. The predicted octanol–water partition coefficient (Wildman–Crippen LogP) is 0.927. The quantitative estimate of drug-likeness (QED) is 0.777. The van der Waals surface area contributed by atoms with Crippen LogP contribution in [-0.2, 0) is 13.0 Å². The number of aromatic nitrogens is 2. The maximum atomic E-state index is 12.5. The van der Waals surface area contributed by atoms with Gasteiger partial charge in [0.05, 0.1) is 0 Å². The molecular formula is C13H20N4O. The van der Waals surface area contributed by atoms with Gasteiger partial charge in [-0.2, -0.15) is 5.10 Å². The molecule has 0 atom stereocenters. The first-order chi connectivity index (χ1) is 8.57. The molecule has 0 saturated carbocycles. The molecular weight excluding hydrogens is 228 g/mol. The summed E-state index contributed by atoms with van der Waals surface area (Å²) in [6.07, 6.45) is 2.00. The van der Waals surface area contributed by atoms with E-state index in [1.54, 1.807) is 0 Å². The fraction of sp³-hybridized carbons (Fsp3) is 0.692. The Hall–Kier alpha value is -1.36. The minimum Gasteiger partial charge on any atom is -0.337 e. The van der Waals surface area contributed by atoms with Crippen LogP contribution in [0.4, 0.5) is 0 Å². The van der Waals surface area contributed by atoms with Gasteiger partial charge in [0.1, 0.15) is 0 Å². The number of carbonyl (C=O) groups is 1. The van der Waals surface area contributed by atoms with Crippen LogP contribution in [0.5, 0.6) is 0 Å². The van der Waals surface area contributed by atoms with Crippen molar-refractivity contribution in [2.24, 2.45) is 5.41 Å². The summed E-state index contributed by atoms with van der Waals surface area (Å²) in [6, 6.07) is 0. The van der Waals surface area contributed by atoms with Crippen LogP contribution in [0.25, 0.3) is 0 Å². The first kappa shape index (κ1) is 11.7. The standard InChI is InChI=1S/C13H20N4O/c1-13(2)4-6-17(8-13)12(18)11-9-7-14-5-3-10(9)15-16-11/h14H,3-8H2,1-2H3,(H,15,16). The van der Waals surface area contributed by atoms with E-state index < -0.39 is 0 Å². The molecule has 5 heteroatoms. The molecule has 0 unspecified atom stereocenters. The van der Waals surface area contributed by atoms with E-state index in [1.165, 1.54) is 0 Å². The summed E-state index contributed by atoms with van der Waals surface area (Å²) in [5, 5.41) is 10.5. The highest BCUT2D eigenvalue weighted by atomic mass is 16.2. The molecule has 0 radical (unpaired) electrons. The zero-order valence-corrected chi connectivity index (χ0v) is 11.0. The summed E-state index contributed by atoms with van der Waals surface area (Å²) >= 11 is 0. The van der Waals surface area contributed by atoms with E-state index in [-0.39, 0.29) is 11.3 Å². The molecule has 2 N–H and O–H groups in total. The van der Waals surface area contributed by atoms with Gasteiger partial charge >= 0.3 is 0 Å². The second-order valence-corrected chi connectivity index (χ2v) is 6.10. The van der Waals surface area contributed by atoms with Gasteiger partial charge in [0.15, 0.2) is 5.69 Å². The average molecular weight is 248 g/mol. The first-order valence-corrected chi connectivity index (χ1v) is 6.63. The smallest absolute Gasteiger partial charge is 0.274 e. The number of aromatic amines is 1. The Morgan fingerprint density at radius 3 is 3.00 bits per heavy atom.